The van der Waals surface area contributed by atoms with Gasteiger partial charge in [0.1, 0.15) is 5.82 Å². The average molecular weight is 288 g/mol. The number of hydrogen-bond donors (Lipinski definition) is 2. The summed E-state index contributed by atoms with van der Waals surface area (Å²) in [6.07, 6.45) is 8.58. The van der Waals surface area contributed by atoms with E-state index < -0.39 is 0 Å². The highest BCUT2D eigenvalue weighted by Gasteiger charge is 2.24. The Hall–Kier alpha value is -2.11. The molecule has 0 aliphatic heterocycles. The topological polar surface area (TPSA) is 83.8 Å². The zero-order valence-electron chi connectivity index (χ0n) is 12.2. The van der Waals surface area contributed by atoms with Crippen molar-refractivity contribution in [3.63, 3.8) is 0 Å². The lowest BCUT2D eigenvalue weighted by atomic mass is 10.00. The number of nitrogens with one attached hydrogen (secondary N) is 1. The fourth-order valence-corrected chi connectivity index (χ4v) is 3.03. The first kappa shape index (κ1) is 13.9. The Labute approximate surface area is 122 Å². The number of rotatable bonds is 4. The fourth-order valence-electron chi connectivity index (χ4n) is 3.03. The van der Waals surface area contributed by atoms with E-state index >= 15 is 0 Å². The fraction of sp³-hybridized carbons (Fsp3) is 0.533. The van der Waals surface area contributed by atoms with E-state index in [1.165, 1.54) is 0 Å². The third kappa shape index (κ3) is 2.70. The number of H-pyrrole nitrogens is 1. The minimum Gasteiger partial charge on any atom is -0.493 e. The van der Waals surface area contributed by atoms with Gasteiger partial charge in [-0.1, -0.05) is 19.8 Å². The van der Waals surface area contributed by atoms with E-state index in [9.17, 15) is 9.90 Å². The van der Waals surface area contributed by atoms with E-state index in [0.29, 0.717) is 17.0 Å². The molecule has 3 rings (SSSR count). The van der Waals surface area contributed by atoms with E-state index in [2.05, 4.69) is 22.0 Å². The monoisotopic (exact) mass is 288 g/mol. The average Bonchev–Trinajstić information content (AvgIpc) is 3.09. The van der Waals surface area contributed by atoms with Gasteiger partial charge in [0.25, 0.3) is 5.56 Å². The van der Waals surface area contributed by atoms with Gasteiger partial charge in [-0.3, -0.25) is 9.48 Å². The predicted octanol–water partition coefficient (Wildman–Crippen LogP) is 2.41. The van der Waals surface area contributed by atoms with Crippen molar-refractivity contribution in [2.45, 2.75) is 51.5 Å². The van der Waals surface area contributed by atoms with Crippen molar-refractivity contribution in [2.75, 3.05) is 0 Å². The van der Waals surface area contributed by atoms with Crippen molar-refractivity contribution in [1.82, 2.24) is 19.7 Å². The molecule has 21 heavy (non-hydrogen) atoms. The number of aromatic nitrogens is 4. The number of hydrogen-bond acceptors (Lipinski definition) is 4. The van der Waals surface area contributed by atoms with E-state index in [0.717, 1.165) is 38.6 Å². The van der Waals surface area contributed by atoms with Crippen LogP contribution in [-0.4, -0.2) is 24.9 Å². The Balaban J connectivity index is 1.95. The Kier molecular flexibility index (Phi) is 3.77. The lowest BCUT2D eigenvalue weighted by molar-refractivity contribution is 0.436. The summed E-state index contributed by atoms with van der Waals surface area (Å²) in [4.78, 5) is 19.2. The molecule has 1 aliphatic carbocycles. The summed E-state index contributed by atoms with van der Waals surface area (Å²) in [6.45, 7) is 2.89. The Bertz CT molecular complexity index is 683. The van der Waals surface area contributed by atoms with E-state index in [1.807, 2.05) is 6.20 Å². The van der Waals surface area contributed by atoms with Crippen LogP contribution in [0.15, 0.2) is 17.2 Å². The number of aromatic hydroxyl groups is 1. The molecular weight excluding hydrogens is 268 g/mol. The first-order valence-electron chi connectivity index (χ1n) is 7.55. The molecule has 1 fully saturated rings. The maximum Gasteiger partial charge on any atom is 0.258 e. The lowest BCUT2D eigenvalue weighted by Crippen LogP contribution is -2.17. The molecule has 0 unspecified atom stereocenters. The molecule has 1 saturated carbocycles. The van der Waals surface area contributed by atoms with Gasteiger partial charge in [-0.05, 0) is 25.2 Å². The van der Waals surface area contributed by atoms with Gasteiger partial charge in [-0.15, -0.1) is 0 Å². The number of aryl methyl sites for hydroxylation is 1. The molecule has 0 atom stereocenters. The standard InChI is InChI=1S/C15H20N4O2/c1-2-7-19-9-11(8-16-19)13-17-14(20)12(15(21)18-13)10-5-3-4-6-10/h8-10H,2-7H2,1H3,(H2,17,18,20,21). The first-order valence-corrected chi connectivity index (χ1v) is 7.55. The van der Waals surface area contributed by atoms with Crippen molar-refractivity contribution < 1.29 is 5.11 Å². The van der Waals surface area contributed by atoms with Crippen LogP contribution in [0.3, 0.4) is 0 Å². The molecule has 2 heterocycles. The molecule has 0 saturated heterocycles. The lowest BCUT2D eigenvalue weighted by Gasteiger charge is -2.10. The minimum absolute atomic E-state index is 0.135. The summed E-state index contributed by atoms with van der Waals surface area (Å²) in [7, 11) is 0. The maximum absolute atomic E-state index is 12.3. The summed E-state index contributed by atoms with van der Waals surface area (Å²) in [6, 6.07) is 0. The van der Waals surface area contributed by atoms with E-state index in [4.69, 9.17) is 0 Å². The summed E-state index contributed by atoms with van der Waals surface area (Å²) < 4.78 is 1.80. The van der Waals surface area contributed by atoms with E-state index in [-0.39, 0.29) is 17.4 Å². The molecule has 0 aromatic carbocycles. The van der Waals surface area contributed by atoms with Crippen LogP contribution in [0.5, 0.6) is 5.88 Å². The van der Waals surface area contributed by atoms with Crippen LogP contribution in [-0.2, 0) is 6.54 Å². The van der Waals surface area contributed by atoms with Crippen LogP contribution >= 0.6 is 0 Å². The molecule has 0 amide bonds. The van der Waals surface area contributed by atoms with Crippen LogP contribution < -0.4 is 5.56 Å². The highest BCUT2D eigenvalue weighted by atomic mass is 16.3. The SMILES string of the molecule is CCCn1cc(-c2nc(O)c(C3CCCC3)c(=O)[nH]2)cn1. The van der Waals surface area contributed by atoms with Crippen LogP contribution in [0.1, 0.15) is 50.5 Å². The first-order chi connectivity index (χ1) is 10.2. The molecule has 0 spiro atoms. The number of nitrogens with zero attached hydrogens (tertiary/aromatic N) is 3. The van der Waals surface area contributed by atoms with Crippen molar-refractivity contribution in [2.24, 2.45) is 0 Å². The third-order valence-corrected chi connectivity index (χ3v) is 4.06. The maximum atomic E-state index is 12.3. The molecule has 6 nitrogen and oxygen atoms in total. The highest BCUT2D eigenvalue weighted by Crippen LogP contribution is 2.35. The molecule has 112 valence electrons. The van der Waals surface area contributed by atoms with Gasteiger partial charge in [-0.2, -0.15) is 10.1 Å². The molecule has 0 bridgehead atoms. The Morgan fingerprint density at radius 1 is 1.43 bits per heavy atom. The van der Waals surface area contributed by atoms with Gasteiger partial charge < -0.3 is 10.1 Å². The summed E-state index contributed by atoms with van der Waals surface area (Å²) in [5.74, 6) is 0.378. The van der Waals surface area contributed by atoms with Gasteiger partial charge in [-0.25, -0.2) is 0 Å². The van der Waals surface area contributed by atoms with Gasteiger partial charge in [0.05, 0.1) is 17.3 Å². The normalized spacial score (nSPS) is 15.7. The molecule has 2 N–H and O–H groups in total. The minimum atomic E-state index is -0.229. The van der Waals surface area contributed by atoms with Crippen molar-refractivity contribution >= 4 is 0 Å². The van der Waals surface area contributed by atoms with Crippen molar-refractivity contribution in [3.05, 3.63) is 28.3 Å². The highest BCUT2D eigenvalue weighted by molar-refractivity contribution is 5.53. The second-order valence-electron chi connectivity index (χ2n) is 5.63. The molecule has 6 heteroatoms. The van der Waals surface area contributed by atoms with Crippen molar-refractivity contribution in [1.29, 1.82) is 0 Å². The van der Waals surface area contributed by atoms with Gasteiger partial charge in [0.2, 0.25) is 5.88 Å². The molecule has 2 aromatic heterocycles. The van der Waals surface area contributed by atoms with Gasteiger partial charge in [0.15, 0.2) is 0 Å². The predicted molar refractivity (Wildman–Crippen MR) is 79.2 cm³/mol. The summed E-state index contributed by atoms with van der Waals surface area (Å²) in [5, 5.41) is 14.4. The molecule has 1 aliphatic rings. The van der Waals surface area contributed by atoms with Gasteiger partial charge >= 0.3 is 0 Å². The molecule has 0 radical (unpaired) electrons. The number of aromatic amines is 1. The van der Waals surface area contributed by atoms with Crippen molar-refractivity contribution in [3.8, 4) is 17.3 Å². The summed E-state index contributed by atoms with van der Waals surface area (Å²) >= 11 is 0. The Morgan fingerprint density at radius 3 is 2.86 bits per heavy atom. The zero-order valence-corrected chi connectivity index (χ0v) is 12.2. The quantitative estimate of drug-likeness (QED) is 0.905. The Morgan fingerprint density at radius 2 is 2.19 bits per heavy atom. The van der Waals surface area contributed by atoms with Crippen LogP contribution in [0.25, 0.3) is 11.4 Å². The van der Waals surface area contributed by atoms with Crippen LogP contribution in [0.4, 0.5) is 0 Å². The second-order valence-corrected chi connectivity index (χ2v) is 5.63. The zero-order chi connectivity index (χ0) is 14.8. The summed E-state index contributed by atoms with van der Waals surface area (Å²) in [5.41, 5.74) is 0.929. The van der Waals surface area contributed by atoms with E-state index in [1.54, 1.807) is 10.9 Å². The van der Waals surface area contributed by atoms with Crippen LogP contribution in [0, 0.1) is 0 Å². The molecular formula is C15H20N4O2. The van der Waals surface area contributed by atoms with Crippen LogP contribution in [0.2, 0.25) is 0 Å². The smallest absolute Gasteiger partial charge is 0.258 e. The molecule has 2 aromatic rings. The second kappa shape index (κ2) is 5.71. The largest absolute Gasteiger partial charge is 0.493 e. The third-order valence-electron chi connectivity index (χ3n) is 4.06. The van der Waals surface area contributed by atoms with Gasteiger partial charge in [0, 0.05) is 12.7 Å².